The number of piperidine rings is 1. The summed E-state index contributed by atoms with van der Waals surface area (Å²) in [5.41, 5.74) is 1.95. The minimum atomic E-state index is -0.174. The van der Waals surface area contributed by atoms with E-state index in [2.05, 4.69) is 10.6 Å². The number of rotatable bonds is 7. The molecule has 1 aliphatic heterocycles. The van der Waals surface area contributed by atoms with Crippen LogP contribution in [-0.4, -0.2) is 42.6 Å². The number of nitrogens with one attached hydrogen (secondary N) is 2. The van der Waals surface area contributed by atoms with Gasteiger partial charge in [-0.25, -0.2) is 4.79 Å². The van der Waals surface area contributed by atoms with E-state index in [1.54, 1.807) is 17.0 Å². The summed E-state index contributed by atoms with van der Waals surface area (Å²) in [6, 6.07) is 24.3. The van der Waals surface area contributed by atoms with Gasteiger partial charge >= 0.3 is 6.03 Å². The maximum atomic E-state index is 12.4. The van der Waals surface area contributed by atoms with Gasteiger partial charge in [0.05, 0.1) is 0 Å². The van der Waals surface area contributed by atoms with E-state index in [1.807, 2.05) is 73.7 Å². The van der Waals surface area contributed by atoms with E-state index in [-0.39, 0.29) is 24.6 Å². The number of hydrogen-bond acceptors (Lipinski definition) is 4. The molecule has 0 radical (unpaired) electrons. The third-order valence-corrected chi connectivity index (χ3v) is 5.62. The Kier molecular flexibility index (Phi) is 7.65. The lowest BCUT2D eigenvalue weighted by Gasteiger charge is -2.32. The van der Waals surface area contributed by atoms with Gasteiger partial charge in [0, 0.05) is 24.8 Å². The Labute approximate surface area is 199 Å². The van der Waals surface area contributed by atoms with E-state index >= 15 is 0 Å². The van der Waals surface area contributed by atoms with Gasteiger partial charge in [0.25, 0.3) is 5.91 Å². The number of likely N-dealkylation sites (tertiary alicyclic amines) is 1. The fourth-order valence-electron chi connectivity index (χ4n) is 3.72. The van der Waals surface area contributed by atoms with Crippen LogP contribution in [0.4, 0.5) is 10.5 Å². The first kappa shape index (κ1) is 23.2. The van der Waals surface area contributed by atoms with Crippen LogP contribution in [0.3, 0.4) is 0 Å². The van der Waals surface area contributed by atoms with Gasteiger partial charge in [-0.1, -0.05) is 35.9 Å². The molecule has 0 unspecified atom stereocenters. The third kappa shape index (κ3) is 6.75. The zero-order valence-corrected chi connectivity index (χ0v) is 19.2. The second-order valence-corrected chi connectivity index (χ2v) is 8.30. The van der Waals surface area contributed by atoms with E-state index in [4.69, 9.17) is 9.47 Å². The number of urea groups is 1. The Bertz CT molecular complexity index is 1080. The molecule has 34 heavy (non-hydrogen) atoms. The van der Waals surface area contributed by atoms with Crippen molar-refractivity contribution in [3.05, 3.63) is 84.4 Å². The van der Waals surface area contributed by atoms with Crippen LogP contribution in [0, 0.1) is 6.92 Å². The number of carbonyl (C=O) groups is 2. The molecule has 1 aliphatic rings. The van der Waals surface area contributed by atoms with Crippen LogP contribution in [0.2, 0.25) is 0 Å². The Morgan fingerprint density at radius 2 is 1.44 bits per heavy atom. The third-order valence-electron chi connectivity index (χ3n) is 5.62. The largest absolute Gasteiger partial charge is 0.484 e. The Hall–Kier alpha value is -4.00. The van der Waals surface area contributed by atoms with Gasteiger partial charge in [0.2, 0.25) is 0 Å². The number of nitrogens with zero attached hydrogens (tertiary/aromatic N) is 1. The number of aryl methyl sites for hydroxylation is 1. The smallest absolute Gasteiger partial charge is 0.321 e. The van der Waals surface area contributed by atoms with Crippen LogP contribution in [0.1, 0.15) is 18.4 Å². The maximum Gasteiger partial charge on any atom is 0.321 e. The molecule has 1 fully saturated rings. The van der Waals surface area contributed by atoms with Crippen LogP contribution >= 0.6 is 0 Å². The summed E-state index contributed by atoms with van der Waals surface area (Å²) in [5, 5.41) is 5.90. The Morgan fingerprint density at radius 1 is 0.853 bits per heavy atom. The second kappa shape index (κ2) is 11.2. The molecule has 3 aromatic rings. The minimum absolute atomic E-state index is 0.0298. The summed E-state index contributed by atoms with van der Waals surface area (Å²) in [4.78, 5) is 26.5. The summed E-state index contributed by atoms with van der Waals surface area (Å²) in [5.74, 6) is 1.89. The molecule has 0 aromatic heterocycles. The first-order valence-corrected chi connectivity index (χ1v) is 11.4. The molecule has 2 N–H and O–H groups in total. The number of hydrogen-bond donors (Lipinski definition) is 2. The molecule has 4 rings (SSSR count). The topological polar surface area (TPSA) is 79.9 Å². The van der Waals surface area contributed by atoms with Gasteiger partial charge < -0.3 is 25.0 Å². The highest BCUT2D eigenvalue weighted by Gasteiger charge is 2.24. The lowest BCUT2D eigenvalue weighted by molar-refractivity contribution is -0.124. The van der Waals surface area contributed by atoms with Crippen molar-refractivity contribution in [3.63, 3.8) is 0 Å². The number of para-hydroxylation sites is 1. The summed E-state index contributed by atoms with van der Waals surface area (Å²) >= 11 is 0. The fraction of sp³-hybridized carbons (Fsp3) is 0.259. The predicted octanol–water partition coefficient (Wildman–Crippen LogP) is 4.98. The van der Waals surface area contributed by atoms with Gasteiger partial charge in [-0.3, -0.25) is 4.79 Å². The van der Waals surface area contributed by atoms with Gasteiger partial charge in [0.15, 0.2) is 6.61 Å². The van der Waals surface area contributed by atoms with Crippen molar-refractivity contribution in [1.82, 2.24) is 10.2 Å². The molecule has 176 valence electrons. The molecule has 3 aromatic carbocycles. The van der Waals surface area contributed by atoms with Gasteiger partial charge in [0.1, 0.15) is 17.2 Å². The average molecular weight is 460 g/mol. The SMILES string of the molecule is Cc1ccc(Oc2ccc(OCC(=O)NC3CCN(C(=O)Nc4ccccc4)CC3)cc2)cc1. The number of anilines is 1. The number of amides is 3. The first-order valence-electron chi connectivity index (χ1n) is 11.4. The minimum Gasteiger partial charge on any atom is -0.484 e. The first-order chi connectivity index (χ1) is 16.5. The number of ether oxygens (including phenoxy) is 2. The summed E-state index contributed by atoms with van der Waals surface area (Å²) in [7, 11) is 0. The van der Waals surface area contributed by atoms with Crippen molar-refractivity contribution in [1.29, 1.82) is 0 Å². The molecule has 0 saturated carbocycles. The monoisotopic (exact) mass is 459 g/mol. The molecule has 1 heterocycles. The summed E-state index contributed by atoms with van der Waals surface area (Å²) in [6.07, 6.45) is 1.41. The molecule has 0 spiro atoms. The summed E-state index contributed by atoms with van der Waals surface area (Å²) in [6.45, 7) is 3.15. The molecule has 7 heteroatoms. The highest BCUT2D eigenvalue weighted by Crippen LogP contribution is 2.24. The Balaban J connectivity index is 1.16. The molecule has 1 saturated heterocycles. The van der Waals surface area contributed by atoms with Crippen molar-refractivity contribution < 1.29 is 19.1 Å². The van der Waals surface area contributed by atoms with Crippen molar-refractivity contribution in [2.24, 2.45) is 0 Å². The molecule has 0 atom stereocenters. The van der Waals surface area contributed by atoms with E-state index in [9.17, 15) is 9.59 Å². The van der Waals surface area contributed by atoms with Crippen LogP contribution in [-0.2, 0) is 4.79 Å². The van der Waals surface area contributed by atoms with E-state index in [0.29, 0.717) is 37.4 Å². The highest BCUT2D eigenvalue weighted by molar-refractivity contribution is 5.89. The van der Waals surface area contributed by atoms with Crippen molar-refractivity contribution in [2.75, 3.05) is 25.0 Å². The fourth-order valence-corrected chi connectivity index (χ4v) is 3.72. The zero-order chi connectivity index (χ0) is 23.8. The Morgan fingerprint density at radius 3 is 2.09 bits per heavy atom. The van der Waals surface area contributed by atoms with Crippen LogP contribution < -0.4 is 20.1 Å². The maximum absolute atomic E-state index is 12.4. The normalized spacial score (nSPS) is 13.7. The van der Waals surface area contributed by atoms with E-state index in [1.165, 1.54) is 5.56 Å². The van der Waals surface area contributed by atoms with Crippen LogP contribution in [0.15, 0.2) is 78.9 Å². The average Bonchev–Trinajstić information content (AvgIpc) is 2.86. The number of carbonyl (C=O) groups excluding carboxylic acids is 2. The van der Waals surface area contributed by atoms with Gasteiger partial charge in [-0.15, -0.1) is 0 Å². The lowest BCUT2D eigenvalue weighted by Crippen LogP contribution is -2.48. The summed E-state index contributed by atoms with van der Waals surface area (Å²) < 4.78 is 11.4. The van der Waals surface area contributed by atoms with Gasteiger partial charge in [-0.05, 0) is 68.3 Å². The molecular weight excluding hydrogens is 430 g/mol. The second-order valence-electron chi connectivity index (χ2n) is 8.30. The molecule has 7 nitrogen and oxygen atoms in total. The number of benzene rings is 3. The van der Waals surface area contributed by atoms with E-state index < -0.39 is 0 Å². The molecule has 3 amide bonds. The predicted molar refractivity (Wildman–Crippen MR) is 131 cm³/mol. The molecule has 0 bridgehead atoms. The standard InChI is InChI=1S/C27H29N3O4/c1-20-7-9-24(10-8-20)34-25-13-11-23(12-14-25)33-19-26(31)28-22-15-17-30(18-16-22)27(32)29-21-5-3-2-4-6-21/h2-14,22H,15-19H2,1H3,(H,28,31)(H,29,32). The molecular formula is C27H29N3O4. The van der Waals surface area contributed by atoms with Crippen LogP contribution in [0.25, 0.3) is 0 Å². The zero-order valence-electron chi connectivity index (χ0n) is 19.2. The van der Waals surface area contributed by atoms with Crippen molar-refractivity contribution in [3.8, 4) is 17.2 Å². The highest BCUT2D eigenvalue weighted by atomic mass is 16.5. The van der Waals surface area contributed by atoms with Crippen molar-refractivity contribution in [2.45, 2.75) is 25.8 Å². The molecule has 0 aliphatic carbocycles. The van der Waals surface area contributed by atoms with Crippen molar-refractivity contribution >= 4 is 17.6 Å². The van der Waals surface area contributed by atoms with E-state index in [0.717, 1.165) is 11.4 Å². The van der Waals surface area contributed by atoms with Gasteiger partial charge in [-0.2, -0.15) is 0 Å². The quantitative estimate of drug-likeness (QED) is 0.522. The van der Waals surface area contributed by atoms with Crippen LogP contribution in [0.5, 0.6) is 17.2 Å². The lowest BCUT2D eigenvalue weighted by atomic mass is 10.1.